The van der Waals surface area contributed by atoms with Crippen LogP contribution in [0, 0.1) is 0 Å². The number of ether oxygens (including phenoxy) is 1. The van der Waals surface area contributed by atoms with E-state index in [1.54, 1.807) is 18.2 Å². The van der Waals surface area contributed by atoms with E-state index in [2.05, 4.69) is 10.1 Å². The van der Waals surface area contributed by atoms with E-state index in [1.165, 1.54) is 7.11 Å². The molecule has 3 N–H and O–H groups in total. The summed E-state index contributed by atoms with van der Waals surface area (Å²) < 4.78 is 27.4. The van der Waals surface area contributed by atoms with Crippen molar-refractivity contribution in [3.8, 4) is 0 Å². The highest BCUT2D eigenvalue weighted by Gasteiger charge is 2.23. The molecule has 0 amide bonds. The fourth-order valence-electron chi connectivity index (χ4n) is 2.19. The lowest BCUT2D eigenvalue weighted by Crippen LogP contribution is -2.32. The molecule has 1 saturated heterocycles. The molecule has 0 spiro atoms. The van der Waals surface area contributed by atoms with Crippen LogP contribution in [0.2, 0.25) is 0 Å². The van der Waals surface area contributed by atoms with E-state index in [0.717, 1.165) is 0 Å². The first-order valence-corrected chi connectivity index (χ1v) is 8.18. The molecular formula is C13H18N2O4S. The number of methoxy groups -OCH3 is 1. The second-order valence-corrected chi connectivity index (χ2v) is 7.17. The van der Waals surface area contributed by atoms with Crippen molar-refractivity contribution >= 4 is 27.2 Å². The van der Waals surface area contributed by atoms with E-state index in [9.17, 15) is 13.2 Å². The average molecular weight is 298 g/mol. The number of benzene rings is 1. The Morgan fingerprint density at radius 3 is 2.55 bits per heavy atom. The Labute approximate surface area is 118 Å². The van der Waals surface area contributed by atoms with Gasteiger partial charge in [-0.05, 0) is 31.0 Å². The zero-order valence-corrected chi connectivity index (χ0v) is 12.1. The molecule has 1 aliphatic heterocycles. The monoisotopic (exact) mass is 298 g/mol. The fourth-order valence-corrected chi connectivity index (χ4v) is 3.68. The third-order valence-electron chi connectivity index (χ3n) is 3.39. The van der Waals surface area contributed by atoms with Gasteiger partial charge < -0.3 is 15.8 Å². The summed E-state index contributed by atoms with van der Waals surface area (Å²) in [4.78, 5) is 11.4. The van der Waals surface area contributed by atoms with Gasteiger partial charge in [0.2, 0.25) is 0 Å². The second kappa shape index (κ2) is 5.70. The van der Waals surface area contributed by atoms with Crippen LogP contribution in [0.3, 0.4) is 0 Å². The topological polar surface area (TPSA) is 98.5 Å². The Kier molecular flexibility index (Phi) is 4.17. The number of hydrogen-bond donors (Lipinski definition) is 2. The molecule has 0 radical (unpaired) electrons. The number of nitrogens with two attached hydrogens (primary N) is 1. The Morgan fingerprint density at radius 1 is 1.35 bits per heavy atom. The van der Waals surface area contributed by atoms with Crippen molar-refractivity contribution in [3.05, 3.63) is 23.8 Å². The van der Waals surface area contributed by atoms with Crippen molar-refractivity contribution in [1.82, 2.24) is 0 Å². The van der Waals surface area contributed by atoms with Gasteiger partial charge in [0, 0.05) is 6.04 Å². The Morgan fingerprint density at radius 2 is 2.00 bits per heavy atom. The standard InChI is InChI=1S/C13H18N2O4S/c1-19-13(16)9-2-3-12(11(14)8-9)15-10-4-6-20(17,18)7-5-10/h2-3,8,10,15H,4-7,14H2,1H3. The van der Waals surface area contributed by atoms with Crippen molar-refractivity contribution in [2.45, 2.75) is 18.9 Å². The highest BCUT2D eigenvalue weighted by atomic mass is 32.2. The van der Waals surface area contributed by atoms with Crippen molar-refractivity contribution in [2.75, 3.05) is 29.7 Å². The molecule has 1 aromatic rings. The zero-order valence-electron chi connectivity index (χ0n) is 11.3. The van der Waals surface area contributed by atoms with Crippen molar-refractivity contribution in [1.29, 1.82) is 0 Å². The van der Waals surface area contributed by atoms with E-state index in [4.69, 9.17) is 5.73 Å². The summed E-state index contributed by atoms with van der Waals surface area (Å²) in [5.41, 5.74) is 7.44. The largest absolute Gasteiger partial charge is 0.465 e. The number of anilines is 2. The van der Waals surface area contributed by atoms with Gasteiger partial charge in [-0.2, -0.15) is 0 Å². The van der Waals surface area contributed by atoms with Crippen LogP contribution < -0.4 is 11.1 Å². The maximum atomic E-state index is 11.4. The molecule has 1 fully saturated rings. The lowest BCUT2D eigenvalue weighted by Gasteiger charge is -2.24. The summed E-state index contributed by atoms with van der Waals surface area (Å²) in [5.74, 6) is -0.0395. The molecule has 0 bridgehead atoms. The number of rotatable bonds is 3. The van der Waals surface area contributed by atoms with Gasteiger partial charge >= 0.3 is 5.97 Å². The van der Waals surface area contributed by atoms with Crippen LogP contribution in [0.1, 0.15) is 23.2 Å². The van der Waals surface area contributed by atoms with Crippen molar-refractivity contribution in [2.24, 2.45) is 0 Å². The van der Waals surface area contributed by atoms with Gasteiger partial charge in [-0.3, -0.25) is 0 Å². The van der Waals surface area contributed by atoms with Crippen LogP contribution in [0.4, 0.5) is 11.4 Å². The van der Waals surface area contributed by atoms with Crippen molar-refractivity contribution < 1.29 is 17.9 Å². The molecule has 7 heteroatoms. The third kappa shape index (κ3) is 3.41. The highest BCUT2D eigenvalue weighted by Crippen LogP contribution is 2.24. The summed E-state index contributed by atoms with van der Waals surface area (Å²) in [6.07, 6.45) is 1.14. The molecule has 20 heavy (non-hydrogen) atoms. The SMILES string of the molecule is COC(=O)c1ccc(NC2CCS(=O)(=O)CC2)c(N)c1. The Balaban J connectivity index is 2.05. The first-order chi connectivity index (χ1) is 9.41. The van der Waals surface area contributed by atoms with E-state index in [1.807, 2.05) is 0 Å². The average Bonchev–Trinajstić information content (AvgIpc) is 2.42. The Hall–Kier alpha value is -1.76. The van der Waals surface area contributed by atoms with Gasteiger partial charge in [-0.25, -0.2) is 13.2 Å². The molecule has 1 aliphatic rings. The maximum absolute atomic E-state index is 11.4. The van der Waals surface area contributed by atoms with Gasteiger partial charge in [0.15, 0.2) is 0 Å². The quantitative estimate of drug-likeness (QED) is 0.639. The van der Waals surface area contributed by atoms with Crippen LogP contribution in [0.25, 0.3) is 0 Å². The molecule has 0 aromatic heterocycles. The molecule has 6 nitrogen and oxygen atoms in total. The molecule has 110 valence electrons. The lowest BCUT2D eigenvalue weighted by atomic mass is 10.1. The van der Waals surface area contributed by atoms with E-state index >= 15 is 0 Å². The first-order valence-electron chi connectivity index (χ1n) is 6.36. The molecule has 1 heterocycles. The van der Waals surface area contributed by atoms with Gasteiger partial charge in [-0.15, -0.1) is 0 Å². The van der Waals surface area contributed by atoms with Crippen LogP contribution in [-0.4, -0.2) is 39.0 Å². The fraction of sp³-hybridized carbons (Fsp3) is 0.462. The molecule has 0 aliphatic carbocycles. The van der Waals surface area contributed by atoms with E-state index in [-0.39, 0.29) is 17.5 Å². The van der Waals surface area contributed by atoms with Crippen molar-refractivity contribution in [3.63, 3.8) is 0 Å². The first kappa shape index (κ1) is 14.6. The van der Waals surface area contributed by atoms with Gasteiger partial charge in [0.25, 0.3) is 0 Å². The minimum Gasteiger partial charge on any atom is -0.465 e. The maximum Gasteiger partial charge on any atom is 0.337 e. The molecule has 0 atom stereocenters. The molecular weight excluding hydrogens is 280 g/mol. The summed E-state index contributed by atoms with van der Waals surface area (Å²) in [5, 5.41) is 3.23. The van der Waals surface area contributed by atoms with Gasteiger partial charge in [0.05, 0.1) is 35.6 Å². The number of nitrogen functional groups attached to an aromatic ring is 1. The van der Waals surface area contributed by atoms with E-state index in [0.29, 0.717) is 29.8 Å². The number of carbonyl (C=O) groups excluding carboxylic acids is 1. The predicted octanol–water partition coefficient (Wildman–Crippen LogP) is 1.04. The second-order valence-electron chi connectivity index (χ2n) is 4.86. The molecule has 2 rings (SSSR count). The van der Waals surface area contributed by atoms with Crippen LogP contribution >= 0.6 is 0 Å². The zero-order chi connectivity index (χ0) is 14.8. The summed E-state index contributed by atoms with van der Waals surface area (Å²) in [6, 6.07) is 4.98. The summed E-state index contributed by atoms with van der Waals surface area (Å²) >= 11 is 0. The Bertz CT molecular complexity index is 599. The van der Waals surface area contributed by atoms with Crippen LogP contribution in [0.5, 0.6) is 0 Å². The minimum atomic E-state index is -2.87. The summed E-state index contributed by atoms with van der Waals surface area (Å²) in [7, 11) is -1.56. The smallest absolute Gasteiger partial charge is 0.337 e. The molecule has 0 unspecified atom stereocenters. The number of carbonyl (C=O) groups is 1. The van der Waals surface area contributed by atoms with Gasteiger partial charge in [0.1, 0.15) is 9.84 Å². The highest BCUT2D eigenvalue weighted by molar-refractivity contribution is 7.91. The predicted molar refractivity (Wildman–Crippen MR) is 77.5 cm³/mol. The third-order valence-corrected chi connectivity index (χ3v) is 5.10. The number of hydrogen-bond acceptors (Lipinski definition) is 6. The summed E-state index contributed by atoms with van der Waals surface area (Å²) in [6.45, 7) is 0. The number of sulfone groups is 1. The number of esters is 1. The normalized spacial score (nSPS) is 18.4. The molecule has 1 aromatic carbocycles. The lowest BCUT2D eigenvalue weighted by molar-refractivity contribution is 0.0601. The van der Waals surface area contributed by atoms with E-state index < -0.39 is 15.8 Å². The van der Waals surface area contributed by atoms with Crippen LogP contribution in [0.15, 0.2) is 18.2 Å². The van der Waals surface area contributed by atoms with Gasteiger partial charge in [-0.1, -0.05) is 0 Å². The number of nitrogens with one attached hydrogen (secondary N) is 1. The van der Waals surface area contributed by atoms with Crippen LogP contribution in [-0.2, 0) is 14.6 Å². The molecule has 0 saturated carbocycles. The minimum absolute atomic E-state index is 0.0878.